The van der Waals surface area contributed by atoms with Gasteiger partial charge in [-0.1, -0.05) is 11.6 Å². The van der Waals surface area contributed by atoms with Crippen molar-refractivity contribution in [2.45, 2.75) is 6.92 Å². The second-order valence-corrected chi connectivity index (χ2v) is 3.86. The quantitative estimate of drug-likeness (QED) is 0.668. The van der Waals surface area contributed by atoms with Crippen LogP contribution in [0.2, 0.25) is 5.02 Å². The average Bonchev–Trinajstić information content (AvgIpc) is 2.34. The van der Waals surface area contributed by atoms with Crippen molar-refractivity contribution in [1.29, 1.82) is 0 Å². The summed E-state index contributed by atoms with van der Waals surface area (Å²) in [6.45, 7) is 1.77. The van der Waals surface area contributed by atoms with E-state index >= 15 is 0 Å². The fraction of sp³-hybridized carbons (Fsp3) is 0.167. The van der Waals surface area contributed by atoms with Crippen LogP contribution < -0.4 is 5.63 Å². The highest BCUT2D eigenvalue weighted by atomic mass is 35.5. The molecule has 2 aromatic rings. The molecular weight excluding hydrogens is 260 g/mol. The highest BCUT2D eigenvalue weighted by Gasteiger charge is 2.16. The van der Waals surface area contributed by atoms with E-state index in [1.165, 1.54) is 18.2 Å². The molecule has 2 rings (SSSR count). The normalized spacial score (nSPS) is 10.6. The van der Waals surface area contributed by atoms with E-state index in [2.05, 4.69) is 0 Å². The third kappa shape index (κ3) is 2.04. The van der Waals surface area contributed by atoms with E-state index in [9.17, 15) is 14.7 Å². The first-order valence-electron chi connectivity index (χ1n) is 5.17. The number of halogens is 1. The first-order valence-corrected chi connectivity index (χ1v) is 5.54. The van der Waals surface area contributed by atoms with Gasteiger partial charge >= 0.3 is 11.6 Å². The van der Waals surface area contributed by atoms with Crippen LogP contribution in [0.15, 0.2) is 27.4 Å². The average molecular weight is 269 g/mol. The SMILES string of the molecule is CCOC(=O)c1cc2c(Cl)c(O)ccc2oc1=O. The molecule has 0 aliphatic heterocycles. The number of carbonyl (C=O) groups excluding carboxylic acids is 1. The first kappa shape index (κ1) is 12.4. The summed E-state index contributed by atoms with van der Waals surface area (Å²) in [5.41, 5.74) is -0.865. The lowest BCUT2D eigenvalue weighted by molar-refractivity contribution is 0.0522. The second kappa shape index (κ2) is 4.70. The van der Waals surface area contributed by atoms with Gasteiger partial charge in [-0.25, -0.2) is 9.59 Å². The third-order valence-corrected chi connectivity index (χ3v) is 2.72. The van der Waals surface area contributed by atoms with Crippen LogP contribution in [0, 0.1) is 0 Å². The molecule has 5 nitrogen and oxygen atoms in total. The summed E-state index contributed by atoms with van der Waals surface area (Å²) in [7, 11) is 0. The lowest BCUT2D eigenvalue weighted by Crippen LogP contribution is -2.16. The molecule has 0 radical (unpaired) electrons. The largest absolute Gasteiger partial charge is 0.506 e. The van der Waals surface area contributed by atoms with E-state index in [1.54, 1.807) is 6.92 Å². The predicted molar refractivity (Wildman–Crippen MR) is 65.1 cm³/mol. The highest BCUT2D eigenvalue weighted by Crippen LogP contribution is 2.31. The molecule has 1 heterocycles. The summed E-state index contributed by atoms with van der Waals surface area (Å²) in [6, 6.07) is 3.95. The number of phenols is 1. The first-order chi connectivity index (χ1) is 8.54. The van der Waals surface area contributed by atoms with Gasteiger partial charge in [-0.2, -0.15) is 0 Å². The van der Waals surface area contributed by atoms with E-state index in [4.69, 9.17) is 20.8 Å². The van der Waals surface area contributed by atoms with Crippen molar-refractivity contribution in [3.8, 4) is 5.75 Å². The topological polar surface area (TPSA) is 76.7 Å². The monoisotopic (exact) mass is 268 g/mol. The van der Waals surface area contributed by atoms with Gasteiger partial charge in [-0.3, -0.25) is 0 Å². The Kier molecular flexibility index (Phi) is 3.25. The molecule has 0 aliphatic rings. The molecule has 0 saturated heterocycles. The molecule has 94 valence electrons. The number of aromatic hydroxyl groups is 1. The lowest BCUT2D eigenvalue weighted by Gasteiger charge is -2.04. The van der Waals surface area contributed by atoms with Crippen LogP contribution in [0.4, 0.5) is 0 Å². The van der Waals surface area contributed by atoms with E-state index in [0.717, 1.165) is 0 Å². The molecule has 0 amide bonds. The molecule has 1 N–H and O–H groups in total. The van der Waals surface area contributed by atoms with Crippen LogP contribution in [-0.4, -0.2) is 17.7 Å². The Balaban J connectivity index is 2.70. The van der Waals surface area contributed by atoms with Crippen LogP contribution in [0.5, 0.6) is 5.75 Å². The fourth-order valence-electron chi connectivity index (χ4n) is 1.50. The van der Waals surface area contributed by atoms with Gasteiger partial charge in [-0.05, 0) is 25.1 Å². The molecular formula is C12H9ClO5. The Morgan fingerprint density at radius 2 is 2.22 bits per heavy atom. The van der Waals surface area contributed by atoms with Crippen molar-refractivity contribution in [3.63, 3.8) is 0 Å². The zero-order valence-corrected chi connectivity index (χ0v) is 10.2. The Hall–Kier alpha value is -2.01. The van der Waals surface area contributed by atoms with Crippen molar-refractivity contribution in [3.05, 3.63) is 39.2 Å². The maximum absolute atomic E-state index is 11.6. The molecule has 1 aromatic heterocycles. The maximum atomic E-state index is 11.6. The van der Waals surface area contributed by atoms with Crippen LogP contribution in [0.1, 0.15) is 17.3 Å². The number of phenolic OH excluding ortho intramolecular Hbond substituents is 1. The molecule has 0 fully saturated rings. The van der Waals surface area contributed by atoms with Gasteiger partial charge in [0, 0.05) is 5.39 Å². The number of esters is 1. The van der Waals surface area contributed by atoms with Crippen molar-refractivity contribution in [2.75, 3.05) is 6.61 Å². The predicted octanol–water partition coefficient (Wildman–Crippen LogP) is 2.33. The van der Waals surface area contributed by atoms with Gasteiger partial charge < -0.3 is 14.3 Å². The van der Waals surface area contributed by atoms with E-state index in [-0.39, 0.29) is 33.9 Å². The third-order valence-electron chi connectivity index (χ3n) is 2.33. The molecule has 0 unspecified atom stereocenters. The van der Waals surface area contributed by atoms with Crippen LogP contribution >= 0.6 is 11.6 Å². The molecule has 1 aromatic carbocycles. The van der Waals surface area contributed by atoms with Crippen molar-refractivity contribution in [1.82, 2.24) is 0 Å². The van der Waals surface area contributed by atoms with Crippen molar-refractivity contribution < 1.29 is 19.1 Å². The molecule has 0 atom stereocenters. The Morgan fingerprint density at radius 3 is 2.89 bits per heavy atom. The Labute approximate surface area is 107 Å². The summed E-state index contributed by atoms with van der Waals surface area (Å²) < 4.78 is 9.67. The number of ether oxygens (including phenoxy) is 1. The summed E-state index contributed by atoms with van der Waals surface area (Å²) in [6.07, 6.45) is 0. The van der Waals surface area contributed by atoms with Crippen LogP contribution in [-0.2, 0) is 4.74 Å². The Morgan fingerprint density at radius 1 is 1.50 bits per heavy atom. The van der Waals surface area contributed by atoms with E-state index in [0.29, 0.717) is 0 Å². The van der Waals surface area contributed by atoms with Crippen LogP contribution in [0.25, 0.3) is 11.0 Å². The number of benzene rings is 1. The lowest BCUT2D eigenvalue weighted by atomic mass is 10.2. The minimum Gasteiger partial charge on any atom is -0.506 e. The minimum absolute atomic E-state index is 0.0156. The zero-order valence-electron chi connectivity index (χ0n) is 9.40. The molecule has 0 aliphatic carbocycles. The number of hydrogen-bond acceptors (Lipinski definition) is 5. The zero-order chi connectivity index (χ0) is 13.3. The fourth-order valence-corrected chi connectivity index (χ4v) is 1.71. The smallest absolute Gasteiger partial charge is 0.351 e. The molecule has 18 heavy (non-hydrogen) atoms. The molecule has 6 heteroatoms. The second-order valence-electron chi connectivity index (χ2n) is 3.48. The molecule has 0 bridgehead atoms. The standard InChI is InChI=1S/C12H9ClO5/c1-2-17-11(15)7-5-6-9(18-12(7)16)4-3-8(14)10(6)13/h3-5,14H,2H2,1H3. The van der Waals surface area contributed by atoms with Gasteiger partial charge in [0.05, 0.1) is 11.6 Å². The summed E-state index contributed by atoms with van der Waals surface area (Å²) in [4.78, 5) is 23.1. The van der Waals surface area contributed by atoms with Gasteiger partial charge in [0.1, 0.15) is 16.9 Å². The number of rotatable bonds is 2. The van der Waals surface area contributed by atoms with Crippen molar-refractivity contribution >= 4 is 28.5 Å². The van der Waals surface area contributed by atoms with Crippen molar-refractivity contribution in [2.24, 2.45) is 0 Å². The van der Waals surface area contributed by atoms with E-state index < -0.39 is 11.6 Å². The number of carbonyl (C=O) groups is 1. The van der Waals surface area contributed by atoms with Gasteiger partial charge in [0.2, 0.25) is 0 Å². The number of fused-ring (bicyclic) bond motifs is 1. The molecule has 0 spiro atoms. The summed E-state index contributed by atoms with van der Waals surface area (Å²) in [5.74, 6) is -0.944. The minimum atomic E-state index is -0.803. The van der Waals surface area contributed by atoms with Crippen LogP contribution in [0.3, 0.4) is 0 Å². The highest BCUT2D eigenvalue weighted by molar-refractivity contribution is 6.36. The summed E-state index contributed by atoms with van der Waals surface area (Å²) in [5, 5.41) is 9.74. The van der Waals surface area contributed by atoms with Gasteiger partial charge in [0.15, 0.2) is 0 Å². The molecule has 0 saturated carbocycles. The Bertz CT molecular complexity index is 674. The summed E-state index contributed by atoms with van der Waals surface area (Å²) >= 11 is 5.87. The van der Waals surface area contributed by atoms with E-state index in [1.807, 2.05) is 0 Å². The van der Waals surface area contributed by atoms with Gasteiger partial charge in [-0.15, -0.1) is 0 Å². The number of hydrogen-bond donors (Lipinski definition) is 1. The maximum Gasteiger partial charge on any atom is 0.351 e. The van der Waals surface area contributed by atoms with Gasteiger partial charge in [0.25, 0.3) is 0 Å².